The molecule has 0 radical (unpaired) electrons. The van der Waals surface area contributed by atoms with Gasteiger partial charge >= 0.3 is 0 Å². The average molecular weight is 292 g/mol. The molecular formula is C16H24N2OS. The molecule has 1 fully saturated rings. The van der Waals surface area contributed by atoms with Gasteiger partial charge in [0.05, 0.1) is 6.04 Å². The van der Waals surface area contributed by atoms with Crippen LogP contribution >= 0.6 is 11.8 Å². The van der Waals surface area contributed by atoms with Gasteiger partial charge in [-0.1, -0.05) is 43.7 Å². The molecule has 0 saturated carbocycles. The predicted molar refractivity (Wildman–Crippen MR) is 86.0 cm³/mol. The summed E-state index contributed by atoms with van der Waals surface area (Å²) in [6, 6.07) is 10.7. The van der Waals surface area contributed by atoms with E-state index in [1.165, 1.54) is 5.56 Å². The highest BCUT2D eigenvalue weighted by Crippen LogP contribution is 2.19. The van der Waals surface area contributed by atoms with Crippen LogP contribution in [0.3, 0.4) is 0 Å². The number of hydrogen-bond donors (Lipinski definition) is 2. The zero-order valence-corrected chi connectivity index (χ0v) is 12.9. The summed E-state index contributed by atoms with van der Waals surface area (Å²) in [6.45, 7) is 3.17. The molecule has 4 heteroatoms. The molecule has 1 heterocycles. The van der Waals surface area contributed by atoms with E-state index in [0.29, 0.717) is 12.5 Å². The molecule has 2 N–H and O–H groups in total. The Balaban J connectivity index is 1.88. The van der Waals surface area contributed by atoms with Gasteiger partial charge in [-0.05, 0) is 12.0 Å². The van der Waals surface area contributed by atoms with Crippen molar-refractivity contribution in [3.63, 3.8) is 0 Å². The van der Waals surface area contributed by atoms with E-state index >= 15 is 0 Å². The quantitative estimate of drug-likeness (QED) is 0.847. The van der Waals surface area contributed by atoms with Crippen molar-refractivity contribution >= 4 is 17.7 Å². The first kappa shape index (κ1) is 15.4. The van der Waals surface area contributed by atoms with Gasteiger partial charge in [-0.15, -0.1) is 0 Å². The van der Waals surface area contributed by atoms with Crippen LogP contribution in [0.2, 0.25) is 0 Å². The SMILES string of the molecule is CCCC(NC(=O)CC1CSCCN1)c1ccccc1. The molecule has 0 spiro atoms. The molecule has 1 aliphatic heterocycles. The molecule has 1 aromatic carbocycles. The number of carbonyl (C=O) groups is 1. The van der Waals surface area contributed by atoms with Gasteiger partial charge in [-0.2, -0.15) is 11.8 Å². The number of thioether (sulfide) groups is 1. The summed E-state index contributed by atoms with van der Waals surface area (Å²) in [7, 11) is 0. The van der Waals surface area contributed by atoms with Crippen LogP contribution in [0.15, 0.2) is 30.3 Å². The smallest absolute Gasteiger partial charge is 0.222 e. The number of rotatable bonds is 6. The third kappa shape index (κ3) is 4.84. The maximum Gasteiger partial charge on any atom is 0.222 e. The number of amides is 1. The van der Waals surface area contributed by atoms with Crippen LogP contribution in [0.1, 0.15) is 37.8 Å². The van der Waals surface area contributed by atoms with Crippen molar-refractivity contribution in [3.8, 4) is 0 Å². The molecule has 2 unspecified atom stereocenters. The van der Waals surface area contributed by atoms with Crippen molar-refractivity contribution in [1.82, 2.24) is 10.6 Å². The van der Waals surface area contributed by atoms with Crippen molar-refractivity contribution < 1.29 is 4.79 Å². The van der Waals surface area contributed by atoms with Crippen LogP contribution in [-0.2, 0) is 4.79 Å². The summed E-state index contributed by atoms with van der Waals surface area (Å²) in [5, 5.41) is 6.61. The molecular weight excluding hydrogens is 268 g/mol. The first-order valence-corrected chi connectivity index (χ1v) is 8.60. The molecule has 2 rings (SSSR count). The lowest BCUT2D eigenvalue weighted by Gasteiger charge is -2.24. The van der Waals surface area contributed by atoms with Crippen LogP contribution < -0.4 is 10.6 Å². The Hall–Kier alpha value is -1.00. The highest BCUT2D eigenvalue weighted by Gasteiger charge is 2.19. The van der Waals surface area contributed by atoms with Gasteiger partial charge in [-0.25, -0.2) is 0 Å². The molecule has 2 atom stereocenters. The summed E-state index contributed by atoms with van der Waals surface area (Å²) >= 11 is 1.93. The zero-order chi connectivity index (χ0) is 14.2. The monoisotopic (exact) mass is 292 g/mol. The minimum absolute atomic E-state index is 0.143. The largest absolute Gasteiger partial charge is 0.349 e. The Kier molecular flexibility index (Phi) is 6.40. The van der Waals surface area contributed by atoms with E-state index in [0.717, 1.165) is 30.9 Å². The Morgan fingerprint density at radius 2 is 2.25 bits per heavy atom. The molecule has 3 nitrogen and oxygen atoms in total. The van der Waals surface area contributed by atoms with Crippen molar-refractivity contribution in [1.29, 1.82) is 0 Å². The molecule has 1 amide bonds. The molecule has 0 aromatic heterocycles. The molecule has 1 aliphatic rings. The van der Waals surface area contributed by atoms with E-state index < -0.39 is 0 Å². The topological polar surface area (TPSA) is 41.1 Å². The first-order valence-electron chi connectivity index (χ1n) is 7.45. The zero-order valence-electron chi connectivity index (χ0n) is 12.1. The minimum atomic E-state index is 0.143. The summed E-state index contributed by atoms with van der Waals surface area (Å²) in [5.74, 6) is 2.35. The van der Waals surface area contributed by atoms with Gasteiger partial charge in [0.15, 0.2) is 0 Å². The summed E-state index contributed by atoms with van der Waals surface area (Å²) < 4.78 is 0. The molecule has 110 valence electrons. The Morgan fingerprint density at radius 3 is 2.90 bits per heavy atom. The van der Waals surface area contributed by atoms with Gasteiger partial charge < -0.3 is 10.6 Å². The van der Waals surface area contributed by atoms with E-state index in [-0.39, 0.29) is 11.9 Å². The fraction of sp³-hybridized carbons (Fsp3) is 0.562. The van der Waals surface area contributed by atoms with Crippen LogP contribution in [0.4, 0.5) is 0 Å². The predicted octanol–water partition coefficient (Wildman–Crippen LogP) is 2.74. The molecule has 0 aliphatic carbocycles. The molecule has 1 saturated heterocycles. The van der Waals surface area contributed by atoms with E-state index in [1.54, 1.807) is 0 Å². The Bertz CT molecular complexity index is 404. The van der Waals surface area contributed by atoms with Gasteiger partial charge in [0.2, 0.25) is 5.91 Å². The second kappa shape index (κ2) is 8.32. The maximum atomic E-state index is 12.2. The molecule has 0 bridgehead atoms. The van der Waals surface area contributed by atoms with E-state index in [4.69, 9.17) is 0 Å². The van der Waals surface area contributed by atoms with Crippen molar-refractivity contribution in [2.24, 2.45) is 0 Å². The second-order valence-electron chi connectivity index (χ2n) is 5.25. The van der Waals surface area contributed by atoms with Crippen LogP contribution in [0.5, 0.6) is 0 Å². The Labute approximate surface area is 125 Å². The van der Waals surface area contributed by atoms with Gasteiger partial charge in [0, 0.05) is 30.5 Å². The lowest BCUT2D eigenvalue weighted by atomic mass is 10.0. The number of carbonyl (C=O) groups excluding carboxylic acids is 1. The fourth-order valence-corrected chi connectivity index (χ4v) is 3.47. The number of benzene rings is 1. The summed E-state index contributed by atoms with van der Waals surface area (Å²) in [5.41, 5.74) is 1.20. The normalized spacial score (nSPS) is 20.4. The highest BCUT2D eigenvalue weighted by molar-refractivity contribution is 7.99. The number of hydrogen-bond acceptors (Lipinski definition) is 3. The molecule has 1 aromatic rings. The maximum absolute atomic E-state index is 12.2. The fourth-order valence-electron chi connectivity index (χ4n) is 2.52. The van der Waals surface area contributed by atoms with Crippen LogP contribution in [0.25, 0.3) is 0 Å². The van der Waals surface area contributed by atoms with Gasteiger partial charge in [0.25, 0.3) is 0 Å². The lowest BCUT2D eigenvalue weighted by Crippen LogP contribution is -2.42. The van der Waals surface area contributed by atoms with Crippen molar-refractivity contribution in [3.05, 3.63) is 35.9 Å². The van der Waals surface area contributed by atoms with Crippen molar-refractivity contribution in [2.75, 3.05) is 18.1 Å². The van der Waals surface area contributed by atoms with E-state index in [1.807, 2.05) is 30.0 Å². The van der Waals surface area contributed by atoms with Crippen LogP contribution in [0, 0.1) is 0 Å². The first-order chi connectivity index (χ1) is 9.79. The third-order valence-electron chi connectivity index (χ3n) is 3.54. The van der Waals surface area contributed by atoms with Crippen molar-refractivity contribution in [2.45, 2.75) is 38.3 Å². The number of nitrogens with one attached hydrogen (secondary N) is 2. The summed E-state index contributed by atoms with van der Waals surface area (Å²) in [4.78, 5) is 12.2. The van der Waals surface area contributed by atoms with E-state index in [9.17, 15) is 4.79 Å². The lowest BCUT2D eigenvalue weighted by molar-refractivity contribution is -0.122. The standard InChI is InChI=1S/C16H24N2OS/c1-2-6-15(13-7-4-3-5-8-13)18-16(19)11-14-12-20-10-9-17-14/h3-5,7-8,14-15,17H,2,6,9-12H2,1H3,(H,18,19). The minimum Gasteiger partial charge on any atom is -0.349 e. The van der Waals surface area contributed by atoms with Crippen LogP contribution in [-0.4, -0.2) is 30.0 Å². The molecule has 20 heavy (non-hydrogen) atoms. The second-order valence-corrected chi connectivity index (χ2v) is 6.40. The van der Waals surface area contributed by atoms with Gasteiger partial charge in [0.1, 0.15) is 0 Å². The summed E-state index contributed by atoms with van der Waals surface area (Å²) in [6.07, 6.45) is 2.64. The van der Waals surface area contributed by atoms with E-state index in [2.05, 4.69) is 29.7 Å². The Morgan fingerprint density at radius 1 is 1.45 bits per heavy atom. The average Bonchev–Trinajstić information content (AvgIpc) is 2.49. The van der Waals surface area contributed by atoms with Gasteiger partial charge in [-0.3, -0.25) is 4.79 Å². The highest BCUT2D eigenvalue weighted by atomic mass is 32.2. The third-order valence-corrected chi connectivity index (χ3v) is 4.68.